The largest absolute Gasteiger partial charge is 0.392 e. The lowest BCUT2D eigenvalue weighted by atomic mass is 9.89. The topological polar surface area (TPSA) is 74.6 Å². The summed E-state index contributed by atoms with van der Waals surface area (Å²) in [4.78, 5) is 22.3. The van der Waals surface area contributed by atoms with E-state index in [1.165, 1.54) is 6.08 Å². The van der Waals surface area contributed by atoms with E-state index in [4.69, 9.17) is 0 Å². The molecule has 1 unspecified atom stereocenters. The number of allylic oxidation sites excluding steroid dienone is 2. The summed E-state index contributed by atoms with van der Waals surface area (Å²) in [6.45, 7) is 1.86. The van der Waals surface area contributed by atoms with Crippen molar-refractivity contribution in [1.82, 2.24) is 0 Å². The molecule has 1 aliphatic rings. The number of aliphatic hydroxyl groups excluding tert-OH is 2. The molecule has 0 spiro atoms. The van der Waals surface area contributed by atoms with Gasteiger partial charge in [0.1, 0.15) is 18.2 Å². The maximum Gasteiger partial charge on any atom is 0.291 e. The van der Waals surface area contributed by atoms with E-state index in [-0.39, 0.29) is 18.6 Å². The Morgan fingerprint density at radius 1 is 1.27 bits per heavy atom. The lowest BCUT2D eigenvalue weighted by molar-refractivity contribution is -0.121. The first-order chi connectivity index (χ1) is 12.3. The normalized spacial score (nSPS) is 25.4. The average Bonchev–Trinajstić information content (AvgIpc) is 2.87. The minimum absolute atomic E-state index is 0.00689. The minimum atomic E-state index is -3.38. The molecule has 2 N–H and O–H groups in total. The number of unbranched alkanes of at least 4 members (excludes halogenated alkanes) is 3. The van der Waals surface area contributed by atoms with Crippen LogP contribution in [0.25, 0.3) is 0 Å². The number of aldehydes is 1. The van der Waals surface area contributed by atoms with Crippen molar-refractivity contribution in [1.29, 1.82) is 0 Å². The Hall–Kier alpha value is -1.40. The maximum atomic E-state index is 14.0. The summed E-state index contributed by atoms with van der Waals surface area (Å²) in [5.41, 5.74) is 0. The number of halogens is 2. The number of ketones is 1. The fraction of sp³-hybridized carbons (Fsp3) is 0.700. The Morgan fingerprint density at radius 2 is 2.00 bits per heavy atom. The van der Waals surface area contributed by atoms with Crippen LogP contribution in [0, 0.1) is 11.8 Å². The standard InChI is InChI=1S/C20H30F2O4/c1-2-3-10-19(26)20(21,22)12-11-16-15(17(24)14-18(16)25)9-7-5-4-6-8-13-23/h5,7,11-13,15-16,18-19,25-26H,2-4,6,8-10,14H2,1H3/b7-5-,12-11+/t15-,16-,18-,19?/m1/s1. The van der Waals surface area contributed by atoms with Crippen molar-refractivity contribution in [2.24, 2.45) is 11.8 Å². The molecule has 0 bridgehead atoms. The van der Waals surface area contributed by atoms with Gasteiger partial charge in [0.2, 0.25) is 0 Å². The van der Waals surface area contributed by atoms with Gasteiger partial charge in [-0.2, -0.15) is 8.78 Å². The SMILES string of the molecule is CCCCC(O)C(F)(F)/C=C/[C@H]1[C@H](O)CC(=O)[C@@H]1C/C=C\CCCC=O. The van der Waals surface area contributed by atoms with E-state index >= 15 is 0 Å². The van der Waals surface area contributed by atoms with E-state index in [9.17, 15) is 28.6 Å². The van der Waals surface area contributed by atoms with E-state index in [0.29, 0.717) is 38.2 Å². The van der Waals surface area contributed by atoms with Crippen molar-refractivity contribution < 1.29 is 28.6 Å². The van der Waals surface area contributed by atoms with E-state index in [0.717, 1.165) is 12.7 Å². The lowest BCUT2D eigenvalue weighted by Gasteiger charge is -2.21. The molecule has 1 fully saturated rings. The molecular weight excluding hydrogens is 342 g/mol. The van der Waals surface area contributed by atoms with Gasteiger partial charge in [-0.15, -0.1) is 0 Å². The van der Waals surface area contributed by atoms with Gasteiger partial charge in [0.25, 0.3) is 5.92 Å². The predicted octanol–water partition coefficient (Wildman–Crippen LogP) is 3.61. The molecule has 148 valence electrons. The zero-order valence-corrected chi connectivity index (χ0v) is 15.3. The molecule has 0 radical (unpaired) electrons. The summed E-state index contributed by atoms with van der Waals surface area (Å²) >= 11 is 0. The minimum Gasteiger partial charge on any atom is -0.392 e. The van der Waals surface area contributed by atoms with Gasteiger partial charge in [-0.1, -0.05) is 38.0 Å². The fourth-order valence-electron chi connectivity index (χ4n) is 3.15. The van der Waals surface area contributed by atoms with E-state index in [1.54, 1.807) is 6.08 Å². The van der Waals surface area contributed by atoms with Gasteiger partial charge in [-0.25, -0.2) is 0 Å². The van der Waals surface area contributed by atoms with Crippen LogP contribution in [0.2, 0.25) is 0 Å². The highest BCUT2D eigenvalue weighted by atomic mass is 19.3. The summed E-state index contributed by atoms with van der Waals surface area (Å²) in [7, 11) is 0. The number of rotatable bonds is 12. The van der Waals surface area contributed by atoms with Gasteiger partial charge < -0.3 is 15.0 Å². The molecule has 0 saturated heterocycles. The highest BCUT2D eigenvalue weighted by Gasteiger charge is 2.41. The van der Waals surface area contributed by atoms with Crippen molar-refractivity contribution >= 4 is 12.1 Å². The second-order valence-corrected chi connectivity index (χ2v) is 6.92. The Labute approximate surface area is 154 Å². The first-order valence-corrected chi connectivity index (χ1v) is 9.38. The molecule has 1 aliphatic carbocycles. The molecule has 6 heteroatoms. The smallest absolute Gasteiger partial charge is 0.291 e. The van der Waals surface area contributed by atoms with E-state index < -0.39 is 30.0 Å². The zero-order valence-electron chi connectivity index (χ0n) is 15.3. The van der Waals surface area contributed by atoms with Crippen LogP contribution in [0.4, 0.5) is 8.78 Å². The molecule has 1 saturated carbocycles. The summed E-state index contributed by atoms with van der Waals surface area (Å²) in [6.07, 6.45) is 7.10. The first-order valence-electron chi connectivity index (χ1n) is 9.38. The number of carbonyl (C=O) groups is 2. The number of aliphatic hydroxyl groups is 2. The third-order valence-corrected chi connectivity index (χ3v) is 4.80. The average molecular weight is 372 g/mol. The van der Waals surface area contributed by atoms with Gasteiger partial charge in [0.05, 0.1) is 6.10 Å². The Balaban J connectivity index is 2.68. The summed E-state index contributed by atoms with van der Waals surface area (Å²) in [5, 5.41) is 19.7. The summed E-state index contributed by atoms with van der Waals surface area (Å²) < 4.78 is 28.0. The summed E-state index contributed by atoms with van der Waals surface area (Å²) in [6, 6.07) is 0. The molecule has 26 heavy (non-hydrogen) atoms. The molecule has 0 aromatic rings. The van der Waals surface area contributed by atoms with Crippen LogP contribution in [0.15, 0.2) is 24.3 Å². The predicted molar refractivity (Wildman–Crippen MR) is 95.9 cm³/mol. The van der Waals surface area contributed by atoms with Crippen LogP contribution < -0.4 is 0 Å². The summed E-state index contributed by atoms with van der Waals surface area (Å²) in [5.74, 6) is -4.73. The van der Waals surface area contributed by atoms with Crippen LogP contribution >= 0.6 is 0 Å². The fourth-order valence-corrected chi connectivity index (χ4v) is 3.15. The van der Waals surface area contributed by atoms with Crippen molar-refractivity contribution in [3.63, 3.8) is 0 Å². The highest BCUT2D eigenvalue weighted by molar-refractivity contribution is 5.84. The molecule has 0 aliphatic heterocycles. The second-order valence-electron chi connectivity index (χ2n) is 6.92. The van der Waals surface area contributed by atoms with Crippen LogP contribution in [0.1, 0.15) is 58.3 Å². The number of hydrogen-bond acceptors (Lipinski definition) is 4. The zero-order chi connectivity index (χ0) is 19.6. The molecule has 0 aromatic heterocycles. The quantitative estimate of drug-likeness (QED) is 0.312. The lowest BCUT2D eigenvalue weighted by Crippen LogP contribution is -2.32. The number of Topliss-reactive ketones (excluding diaryl/α,β-unsaturated/α-hetero) is 1. The van der Waals surface area contributed by atoms with Crippen LogP contribution in [-0.4, -0.2) is 40.4 Å². The van der Waals surface area contributed by atoms with Crippen molar-refractivity contribution in [3.8, 4) is 0 Å². The second kappa shape index (κ2) is 11.3. The Bertz CT molecular complexity index is 502. The van der Waals surface area contributed by atoms with Crippen molar-refractivity contribution in [2.45, 2.75) is 76.4 Å². The third-order valence-electron chi connectivity index (χ3n) is 4.80. The molecular formula is C20H30F2O4. The van der Waals surface area contributed by atoms with E-state index in [1.807, 2.05) is 13.0 Å². The maximum absolute atomic E-state index is 14.0. The molecule has 4 nitrogen and oxygen atoms in total. The molecule has 1 rings (SSSR count). The van der Waals surface area contributed by atoms with E-state index in [2.05, 4.69) is 0 Å². The van der Waals surface area contributed by atoms with Crippen molar-refractivity contribution in [2.75, 3.05) is 0 Å². The monoisotopic (exact) mass is 372 g/mol. The van der Waals surface area contributed by atoms with Crippen LogP contribution in [0.3, 0.4) is 0 Å². The number of carbonyl (C=O) groups excluding carboxylic acids is 2. The Kier molecular flexibility index (Phi) is 9.88. The molecule has 0 amide bonds. The van der Waals surface area contributed by atoms with Gasteiger partial charge in [0.15, 0.2) is 0 Å². The van der Waals surface area contributed by atoms with Crippen molar-refractivity contribution in [3.05, 3.63) is 24.3 Å². The third kappa shape index (κ3) is 7.08. The highest BCUT2D eigenvalue weighted by Crippen LogP contribution is 2.35. The van der Waals surface area contributed by atoms with Crippen LogP contribution in [-0.2, 0) is 9.59 Å². The first kappa shape index (κ1) is 22.6. The van der Waals surface area contributed by atoms with Gasteiger partial charge >= 0.3 is 0 Å². The van der Waals surface area contributed by atoms with Gasteiger partial charge in [-0.3, -0.25) is 4.79 Å². The van der Waals surface area contributed by atoms with Gasteiger partial charge in [0, 0.05) is 24.7 Å². The van der Waals surface area contributed by atoms with Gasteiger partial charge in [-0.05, 0) is 31.8 Å². The van der Waals surface area contributed by atoms with Crippen LogP contribution in [0.5, 0.6) is 0 Å². The molecule has 0 heterocycles. The Morgan fingerprint density at radius 3 is 2.65 bits per heavy atom. The number of alkyl halides is 2. The molecule has 4 atom stereocenters. The number of hydrogen-bond donors (Lipinski definition) is 2. The molecule has 0 aromatic carbocycles.